The molecule has 0 aliphatic rings. The van der Waals surface area contributed by atoms with Crippen LogP contribution in [0.15, 0.2) is 24.3 Å². The summed E-state index contributed by atoms with van der Waals surface area (Å²) in [7, 11) is 0. The van der Waals surface area contributed by atoms with Crippen molar-refractivity contribution in [2.45, 2.75) is 55.4 Å². The molecule has 0 aliphatic heterocycles. The van der Waals surface area contributed by atoms with Gasteiger partial charge in [0.15, 0.2) is 0 Å². The van der Waals surface area contributed by atoms with Gasteiger partial charge in [-0.3, -0.25) is 0 Å². The fourth-order valence-corrected chi connectivity index (χ4v) is 2.54. The van der Waals surface area contributed by atoms with E-state index in [1.165, 1.54) is 24.3 Å². The molecule has 0 radical (unpaired) electrons. The number of rotatable bonds is 5. The summed E-state index contributed by atoms with van der Waals surface area (Å²) in [6.07, 6.45) is 0. The third-order valence-corrected chi connectivity index (χ3v) is 3.43. The first-order valence-corrected chi connectivity index (χ1v) is 9.17. The van der Waals surface area contributed by atoms with Crippen molar-refractivity contribution in [3.63, 3.8) is 0 Å². The van der Waals surface area contributed by atoms with E-state index in [0.717, 1.165) is 22.3 Å². The average Bonchev–Trinajstić information content (AvgIpc) is 2.58. The Labute approximate surface area is 157 Å². The molecule has 0 amide bonds. The Morgan fingerprint density at radius 1 is 0.577 bits per heavy atom. The maximum atomic E-state index is 13.2. The first kappa shape index (κ1) is 23.9. The van der Waals surface area contributed by atoms with Crippen LogP contribution in [0, 0.1) is 39.3 Å². The van der Waals surface area contributed by atoms with Crippen molar-refractivity contribution in [1.82, 2.24) is 0 Å². The van der Waals surface area contributed by atoms with Gasteiger partial charge in [-0.05, 0) is 74.2 Å². The highest BCUT2D eigenvalue weighted by Gasteiger charge is 2.08. The number of aryl methyl sites for hydroxylation is 4. The van der Waals surface area contributed by atoms with Gasteiger partial charge in [0.05, 0.1) is 0 Å². The van der Waals surface area contributed by atoms with Gasteiger partial charge in [-0.25, -0.2) is 8.78 Å². The lowest BCUT2D eigenvalue weighted by molar-refractivity contribution is 0.213. The quantitative estimate of drug-likeness (QED) is 0.548. The Morgan fingerprint density at radius 3 is 1.04 bits per heavy atom. The minimum atomic E-state index is -0.267. The van der Waals surface area contributed by atoms with E-state index in [2.05, 4.69) is 0 Å². The van der Waals surface area contributed by atoms with E-state index >= 15 is 0 Å². The summed E-state index contributed by atoms with van der Waals surface area (Å²) in [4.78, 5) is 0. The number of ether oxygens (including phenoxy) is 2. The van der Waals surface area contributed by atoms with E-state index in [1.807, 2.05) is 27.7 Å². The summed E-state index contributed by atoms with van der Waals surface area (Å²) in [5.74, 6) is 0.822. The van der Waals surface area contributed by atoms with Gasteiger partial charge in [-0.2, -0.15) is 0 Å². The molecule has 0 aliphatic carbocycles. The van der Waals surface area contributed by atoms with Crippen molar-refractivity contribution in [2.75, 3.05) is 13.2 Å². The van der Waals surface area contributed by atoms with Crippen LogP contribution in [0.5, 0.6) is 11.5 Å². The third kappa shape index (κ3) is 7.03. The zero-order valence-corrected chi connectivity index (χ0v) is 17.3. The van der Waals surface area contributed by atoms with Crippen molar-refractivity contribution in [1.29, 1.82) is 0 Å². The summed E-state index contributed by atoms with van der Waals surface area (Å²) >= 11 is 0. The van der Waals surface area contributed by atoms with Crippen molar-refractivity contribution >= 4 is 0 Å². The smallest absolute Gasteiger partial charge is 0.125 e. The van der Waals surface area contributed by atoms with E-state index in [0.29, 0.717) is 24.7 Å². The summed E-state index contributed by atoms with van der Waals surface area (Å²) in [6, 6.07) is 5.77. The van der Waals surface area contributed by atoms with Crippen molar-refractivity contribution in [3.8, 4) is 11.5 Å². The molecular formula is C22H32F2O2. The summed E-state index contributed by atoms with van der Waals surface area (Å²) in [5.41, 5.74) is 3.02. The number of benzene rings is 2. The third-order valence-electron chi connectivity index (χ3n) is 3.43. The van der Waals surface area contributed by atoms with Crippen LogP contribution >= 0.6 is 0 Å². The van der Waals surface area contributed by atoms with Crippen LogP contribution in [0.2, 0.25) is 0 Å². The minimum Gasteiger partial charge on any atom is -0.489 e. The predicted molar refractivity (Wildman–Crippen MR) is 105 cm³/mol. The molecule has 26 heavy (non-hydrogen) atoms. The zero-order valence-electron chi connectivity index (χ0n) is 17.3. The molecule has 0 heterocycles. The van der Waals surface area contributed by atoms with E-state index in [-0.39, 0.29) is 11.6 Å². The van der Waals surface area contributed by atoms with E-state index in [1.54, 1.807) is 27.7 Å². The van der Waals surface area contributed by atoms with Gasteiger partial charge >= 0.3 is 0 Å². The lowest BCUT2D eigenvalue weighted by Gasteiger charge is -2.15. The highest BCUT2D eigenvalue weighted by Crippen LogP contribution is 2.25. The molecule has 0 saturated heterocycles. The van der Waals surface area contributed by atoms with Gasteiger partial charge < -0.3 is 9.47 Å². The minimum absolute atomic E-state index is 0.267. The van der Waals surface area contributed by atoms with Crippen molar-refractivity contribution in [3.05, 3.63) is 58.2 Å². The van der Waals surface area contributed by atoms with Crippen LogP contribution in [0.4, 0.5) is 8.78 Å². The first-order chi connectivity index (χ1) is 12.4. The van der Waals surface area contributed by atoms with Crippen molar-refractivity contribution < 1.29 is 18.3 Å². The summed E-state index contributed by atoms with van der Waals surface area (Å²) < 4.78 is 37.8. The average molecular weight is 366 g/mol. The normalized spacial score (nSPS) is 9.46. The van der Waals surface area contributed by atoms with E-state index < -0.39 is 0 Å². The van der Waals surface area contributed by atoms with Crippen LogP contribution in [-0.2, 0) is 0 Å². The Kier molecular flexibility index (Phi) is 11.3. The highest BCUT2D eigenvalue weighted by molar-refractivity contribution is 5.41. The molecule has 146 valence electrons. The maximum absolute atomic E-state index is 13.2. The summed E-state index contributed by atoms with van der Waals surface area (Å²) in [6.45, 7) is 15.9. The molecule has 4 heteroatoms. The predicted octanol–water partition coefficient (Wildman–Crippen LogP) is 6.71. The molecule has 2 nitrogen and oxygen atoms in total. The molecule has 2 aromatic rings. The summed E-state index contributed by atoms with van der Waals surface area (Å²) in [5, 5.41) is 0. The van der Waals surface area contributed by atoms with E-state index in [4.69, 9.17) is 9.47 Å². The molecule has 0 fully saturated rings. The Morgan fingerprint density at radius 2 is 0.808 bits per heavy atom. The standard InChI is InChI=1S/C18H20F2O2.2C2H6/c1-11-7-15(19)8-12(2)17(11)21-5-6-22-18-13(3)9-16(20)10-14(18)4;2*1-2/h7-10H,5-6H2,1-4H3;2*1-2H3. The van der Waals surface area contributed by atoms with Gasteiger partial charge in [-0.1, -0.05) is 27.7 Å². The van der Waals surface area contributed by atoms with Crippen LogP contribution < -0.4 is 9.47 Å². The van der Waals surface area contributed by atoms with Gasteiger partial charge in [0, 0.05) is 0 Å². The lowest BCUT2D eigenvalue weighted by atomic mass is 10.1. The molecule has 0 atom stereocenters. The molecule has 2 rings (SSSR count). The van der Waals surface area contributed by atoms with Gasteiger partial charge in [0.1, 0.15) is 36.3 Å². The molecule has 0 aromatic heterocycles. The molecular weight excluding hydrogens is 334 g/mol. The number of hydrogen-bond donors (Lipinski definition) is 0. The second-order valence-electron chi connectivity index (χ2n) is 5.43. The molecule has 0 spiro atoms. The SMILES string of the molecule is CC.CC.Cc1cc(F)cc(C)c1OCCOc1c(C)cc(F)cc1C. The van der Waals surface area contributed by atoms with Crippen molar-refractivity contribution in [2.24, 2.45) is 0 Å². The first-order valence-electron chi connectivity index (χ1n) is 9.17. The van der Waals surface area contributed by atoms with Crippen LogP contribution in [0.1, 0.15) is 49.9 Å². The van der Waals surface area contributed by atoms with Gasteiger partial charge in [0.2, 0.25) is 0 Å². The van der Waals surface area contributed by atoms with Gasteiger partial charge in [0.25, 0.3) is 0 Å². The second kappa shape index (κ2) is 12.3. The molecule has 0 saturated carbocycles. The topological polar surface area (TPSA) is 18.5 Å². The highest BCUT2D eigenvalue weighted by atomic mass is 19.1. The largest absolute Gasteiger partial charge is 0.489 e. The maximum Gasteiger partial charge on any atom is 0.125 e. The molecule has 2 aromatic carbocycles. The fourth-order valence-electron chi connectivity index (χ4n) is 2.54. The lowest BCUT2D eigenvalue weighted by Crippen LogP contribution is -2.11. The zero-order chi connectivity index (χ0) is 20.3. The molecule has 0 bridgehead atoms. The molecule has 0 N–H and O–H groups in total. The molecule has 0 unspecified atom stereocenters. The fraction of sp³-hybridized carbons (Fsp3) is 0.455. The Bertz CT molecular complexity index is 576. The van der Waals surface area contributed by atoms with Crippen LogP contribution in [0.3, 0.4) is 0 Å². The monoisotopic (exact) mass is 366 g/mol. The van der Waals surface area contributed by atoms with Crippen LogP contribution in [0.25, 0.3) is 0 Å². The Balaban J connectivity index is 0.00000146. The van der Waals surface area contributed by atoms with E-state index in [9.17, 15) is 8.78 Å². The van der Waals surface area contributed by atoms with Gasteiger partial charge in [-0.15, -0.1) is 0 Å². The van der Waals surface area contributed by atoms with Crippen LogP contribution in [-0.4, -0.2) is 13.2 Å². The number of hydrogen-bond acceptors (Lipinski definition) is 2. The second-order valence-corrected chi connectivity index (χ2v) is 5.43. The number of halogens is 2. The Hall–Kier alpha value is -2.10.